The number of fused-ring (bicyclic) bond motifs is 9. The van der Waals surface area contributed by atoms with Crippen LogP contribution < -0.4 is 5.46 Å². The second-order valence-corrected chi connectivity index (χ2v) is 14.2. The molecule has 1 atom stereocenters. The summed E-state index contributed by atoms with van der Waals surface area (Å²) in [5.74, 6) is 0. The third kappa shape index (κ3) is 3.79. The first-order valence-electron chi connectivity index (χ1n) is 16.6. The van der Waals surface area contributed by atoms with Gasteiger partial charge in [0.2, 0.25) is 0 Å². The molecule has 3 heteroatoms. The summed E-state index contributed by atoms with van der Waals surface area (Å²) < 4.78 is 12.7. The number of benzene rings is 5. The summed E-state index contributed by atoms with van der Waals surface area (Å²) in [4.78, 5) is 0. The normalized spacial score (nSPS) is 21.3. The molecule has 1 fully saturated rings. The fourth-order valence-corrected chi connectivity index (χ4v) is 8.31. The van der Waals surface area contributed by atoms with Crippen LogP contribution in [-0.4, -0.2) is 18.3 Å². The van der Waals surface area contributed by atoms with Gasteiger partial charge in [-0.05, 0) is 125 Å². The van der Waals surface area contributed by atoms with Gasteiger partial charge in [0.15, 0.2) is 0 Å². The summed E-state index contributed by atoms with van der Waals surface area (Å²) in [6.45, 7) is 8.41. The van der Waals surface area contributed by atoms with Crippen LogP contribution in [0.25, 0.3) is 39.0 Å². The molecule has 0 aromatic heterocycles. The lowest BCUT2D eigenvalue weighted by Crippen LogP contribution is -2.41. The van der Waals surface area contributed by atoms with E-state index in [2.05, 4.69) is 155 Å². The Morgan fingerprint density at radius 2 is 1.13 bits per heavy atom. The van der Waals surface area contributed by atoms with Crippen LogP contribution in [0.15, 0.2) is 133 Å². The van der Waals surface area contributed by atoms with Crippen LogP contribution in [0, 0.1) is 0 Å². The molecule has 1 heterocycles. The van der Waals surface area contributed by atoms with Crippen molar-refractivity contribution < 1.29 is 9.31 Å². The Kier molecular flexibility index (Phi) is 5.92. The monoisotopic (exact) mass is 596 g/mol. The van der Waals surface area contributed by atoms with Crippen molar-refractivity contribution in [3.63, 3.8) is 0 Å². The minimum Gasteiger partial charge on any atom is -0.399 e. The quantitative estimate of drug-likeness (QED) is 0.193. The van der Waals surface area contributed by atoms with Crippen molar-refractivity contribution in [2.45, 2.75) is 57.2 Å². The van der Waals surface area contributed by atoms with Crippen molar-refractivity contribution in [3.05, 3.63) is 155 Å². The molecular weight excluding hydrogens is 559 g/mol. The van der Waals surface area contributed by atoms with Crippen molar-refractivity contribution in [1.29, 1.82) is 0 Å². The molecule has 5 aromatic carbocycles. The first kappa shape index (κ1) is 27.8. The summed E-state index contributed by atoms with van der Waals surface area (Å²) in [5, 5.41) is 0. The highest BCUT2D eigenvalue weighted by molar-refractivity contribution is 6.62. The minimum absolute atomic E-state index is 0.225. The zero-order chi connectivity index (χ0) is 31.3. The standard InChI is InChI=1S/C43H37BO2/c1-41(2)42(3,4)46-44(45-41)32-16-12-15-30(26-32)28-13-11-14-29(25-28)31-23-24-40-36(27-31)35-19-7-10-22-39(35)43(40)37-20-8-5-17-33(37)34-18-6-9-21-38(34)43/h5-8,10-20,22-27H,9,21H2,1-4H3. The molecule has 0 N–H and O–H groups in total. The number of allylic oxidation sites excluding steroid dienone is 4. The van der Waals surface area contributed by atoms with Crippen LogP contribution in [0.1, 0.15) is 62.8 Å². The van der Waals surface area contributed by atoms with E-state index < -0.39 is 0 Å². The van der Waals surface area contributed by atoms with E-state index in [0.717, 1.165) is 23.9 Å². The van der Waals surface area contributed by atoms with Gasteiger partial charge in [-0.2, -0.15) is 0 Å². The topological polar surface area (TPSA) is 18.5 Å². The second kappa shape index (κ2) is 9.78. The SMILES string of the molecule is CC1(C)OB(c2cccc(-c3cccc(-c4ccc5c(c4)-c4ccccc4C54C5=C(C=CCC5)c5ccccc54)c3)c2)OC1(C)C. The Balaban J connectivity index is 1.14. The van der Waals surface area contributed by atoms with Gasteiger partial charge >= 0.3 is 7.12 Å². The smallest absolute Gasteiger partial charge is 0.399 e. The van der Waals surface area contributed by atoms with Crippen molar-refractivity contribution in [2.75, 3.05) is 0 Å². The highest BCUT2D eigenvalue weighted by atomic mass is 16.7. The lowest BCUT2D eigenvalue weighted by molar-refractivity contribution is 0.00578. The molecule has 0 saturated carbocycles. The maximum absolute atomic E-state index is 6.37. The molecule has 0 bridgehead atoms. The average Bonchev–Trinajstić information content (AvgIpc) is 3.64. The zero-order valence-corrected chi connectivity index (χ0v) is 26.9. The van der Waals surface area contributed by atoms with Crippen molar-refractivity contribution in [3.8, 4) is 33.4 Å². The molecule has 46 heavy (non-hydrogen) atoms. The van der Waals surface area contributed by atoms with Gasteiger partial charge in [0.05, 0.1) is 16.6 Å². The van der Waals surface area contributed by atoms with Crippen LogP contribution in [0.2, 0.25) is 0 Å². The molecule has 0 radical (unpaired) electrons. The van der Waals surface area contributed by atoms with E-state index in [9.17, 15) is 0 Å². The summed E-state index contributed by atoms with van der Waals surface area (Å²) in [5.41, 5.74) is 16.2. The molecular formula is C43H37BO2. The van der Waals surface area contributed by atoms with Crippen molar-refractivity contribution in [1.82, 2.24) is 0 Å². The Hall–Kier alpha value is -4.44. The number of hydrogen-bond donors (Lipinski definition) is 0. The third-order valence-electron chi connectivity index (χ3n) is 11.2. The maximum atomic E-state index is 6.37. The van der Waals surface area contributed by atoms with Crippen LogP contribution >= 0.6 is 0 Å². The molecule has 2 nitrogen and oxygen atoms in total. The van der Waals surface area contributed by atoms with E-state index >= 15 is 0 Å². The Labute approximate surface area is 272 Å². The fraction of sp³-hybridized carbons (Fsp3) is 0.209. The van der Waals surface area contributed by atoms with Crippen LogP contribution in [0.4, 0.5) is 0 Å². The van der Waals surface area contributed by atoms with Gasteiger partial charge in [-0.3, -0.25) is 0 Å². The highest BCUT2D eigenvalue weighted by Crippen LogP contribution is 2.63. The number of rotatable bonds is 3. The summed E-state index contributed by atoms with van der Waals surface area (Å²) >= 11 is 0. The van der Waals surface area contributed by atoms with Crippen molar-refractivity contribution in [2.24, 2.45) is 0 Å². The third-order valence-corrected chi connectivity index (χ3v) is 11.2. The zero-order valence-electron chi connectivity index (χ0n) is 26.9. The predicted molar refractivity (Wildman–Crippen MR) is 190 cm³/mol. The van der Waals surface area contributed by atoms with Gasteiger partial charge < -0.3 is 9.31 Å². The number of hydrogen-bond acceptors (Lipinski definition) is 2. The van der Waals surface area contributed by atoms with E-state index in [4.69, 9.17) is 9.31 Å². The molecule has 4 aliphatic rings. The summed E-state index contributed by atoms with van der Waals surface area (Å²) in [6.07, 6.45) is 6.89. The maximum Gasteiger partial charge on any atom is 0.494 e. The molecule has 1 unspecified atom stereocenters. The van der Waals surface area contributed by atoms with Gasteiger partial charge in [-0.15, -0.1) is 0 Å². The highest BCUT2D eigenvalue weighted by Gasteiger charge is 2.53. The predicted octanol–water partition coefficient (Wildman–Crippen LogP) is 9.75. The van der Waals surface area contributed by atoms with E-state index in [1.165, 1.54) is 55.6 Å². The first-order valence-corrected chi connectivity index (χ1v) is 16.6. The molecule has 3 aliphatic carbocycles. The minimum atomic E-state index is -0.381. The molecule has 9 rings (SSSR count). The lowest BCUT2D eigenvalue weighted by atomic mass is 9.68. The average molecular weight is 597 g/mol. The largest absolute Gasteiger partial charge is 0.494 e. The summed E-state index contributed by atoms with van der Waals surface area (Å²) in [6, 6.07) is 42.9. The van der Waals surface area contributed by atoms with Crippen LogP contribution in [0.5, 0.6) is 0 Å². The van der Waals surface area contributed by atoms with Gasteiger partial charge in [0, 0.05) is 0 Å². The van der Waals surface area contributed by atoms with Crippen LogP contribution in [0.3, 0.4) is 0 Å². The Bertz CT molecular complexity index is 2120. The van der Waals surface area contributed by atoms with E-state index in [1.807, 2.05) is 0 Å². The van der Waals surface area contributed by atoms with Gasteiger partial charge in [-0.1, -0.05) is 115 Å². The van der Waals surface area contributed by atoms with Gasteiger partial charge in [0.1, 0.15) is 0 Å². The molecule has 1 aliphatic heterocycles. The lowest BCUT2D eigenvalue weighted by Gasteiger charge is -2.33. The Morgan fingerprint density at radius 3 is 1.87 bits per heavy atom. The summed E-state index contributed by atoms with van der Waals surface area (Å²) in [7, 11) is -0.381. The molecule has 0 amide bonds. The molecule has 224 valence electrons. The Morgan fingerprint density at radius 1 is 0.543 bits per heavy atom. The fourth-order valence-electron chi connectivity index (χ4n) is 8.31. The first-order chi connectivity index (χ1) is 22.3. The van der Waals surface area contributed by atoms with E-state index in [-0.39, 0.29) is 23.7 Å². The van der Waals surface area contributed by atoms with E-state index in [0.29, 0.717) is 0 Å². The molecule has 1 saturated heterocycles. The van der Waals surface area contributed by atoms with Crippen molar-refractivity contribution >= 4 is 18.2 Å². The van der Waals surface area contributed by atoms with Gasteiger partial charge in [0.25, 0.3) is 0 Å². The molecule has 5 aromatic rings. The second-order valence-electron chi connectivity index (χ2n) is 14.2. The van der Waals surface area contributed by atoms with Crippen LogP contribution in [-0.2, 0) is 14.7 Å². The molecule has 1 spiro atoms. The van der Waals surface area contributed by atoms with Gasteiger partial charge in [-0.25, -0.2) is 0 Å². The van der Waals surface area contributed by atoms with E-state index in [1.54, 1.807) is 5.57 Å².